The minimum absolute atomic E-state index is 0.238. The maximum atomic E-state index is 14.7. The average Bonchev–Trinajstić information content (AvgIpc) is 4.00. The fourth-order valence-electron chi connectivity index (χ4n) is 14.0. The van der Waals surface area contributed by atoms with Crippen molar-refractivity contribution < 1.29 is 62.6 Å². The highest BCUT2D eigenvalue weighted by Crippen LogP contribution is 2.81. The topological polar surface area (TPSA) is 188 Å². The third-order valence-corrected chi connectivity index (χ3v) is 16.6. The first-order valence-electron chi connectivity index (χ1n) is 19.0. The van der Waals surface area contributed by atoms with Crippen LogP contribution in [0.5, 0.6) is 0 Å². The van der Waals surface area contributed by atoms with E-state index in [4.69, 9.17) is 28.4 Å². The van der Waals surface area contributed by atoms with Gasteiger partial charge >= 0.3 is 23.9 Å². The van der Waals surface area contributed by atoms with Crippen molar-refractivity contribution in [1.29, 1.82) is 0 Å². The second-order valence-corrected chi connectivity index (χ2v) is 19.1. The molecule has 1 aromatic rings. The van der Waals surface area contributed by atoms with Crippen LogP contribution in [0.2, 0.25) is 0 Å². The van der Waals surface area contributed by atoms with E-state index in [-0.39, 0.29) is 17.6 Å². The van der Waals surface area contributed by atoms with E-state index in [0.29, 0.717) is 6.42 Å². The number of ketones is 1. The second kappa shape index (κ2) is 11.1. The van der Waals surface area contributed by atoms with Crippen molar-refractivity contribution in [3.8, 4) is 0 Å². The van der Waals surface area contributed by atoms with Gasteiger partial charge in [0.1, 0.15) is 36.6 Å². The Morgan fingerprint density at radius 2 is 1.48 bits per heavy atom. The van der Waals surface area contributed by atoms with Crippen molar-refractivity contribution in [2.24, 2.45) is 63.6 Å². The van der Waals surface area contributed by atoms with E-state index >= 15 is 0 Å². The normalized spacial score (nSPS) is 54.2. The summed E-state index contributed by atoms with van der Waals surface area (Å²) in [4.78, 5) is 68.7. The van der Waals surface area contributed by atoms with Crippen molar-refractivity contribution in [3.63, 3.8) is 0 Å². The molecule has 9 rings (SSSR count). The van der Waals surface area contributed by atoms with E-state index in [1.807, 2.05) is 27.7 Å². The molecular weight excluding hydrogens is 768 g/mol. The molecule has 3 aliphatic heterocycles. The molecule has 1 spiro atoms. The molecule has 8 fully saturated rings. The zero-order valence-electron chi connectivity index (χ0n) is 31.4. The Morgan fingerprint density at radius 1 is 0.852 bits per heavy atom. The first-order valence-corrected chi connectivity index (χ1v) is 19.8. The summed E-state index contributed by atoms with van der Waals surface area (Å²) in [6, 6.07) is 6.64. The van der Waals surface area contributed by atoms with Crippen molar-refractivity contribution >= 4 is 45.6 Å². The summed E-state index contributed by atoms with van der Waals surface area (Å²) >= 11 is 3.41. The summed E-state index contributed by atoms with van der Waals surface area (Å²) in [5, 5.41) is 24.7. The number of halogens is 1. The van der Waals surface area contributed by atoms with Gasteiger partial charge in [0.05, 0.1) is 17.1 Å². The maximum absolute atomic E-state index is 14.7. The predicted molar refractivity (Wildman–Crippen MR) is 187 cm³/mol. The molecule has 292 valence electrons. The molecule has 54 heavy (non-hydrogen) atoms. The molecule has 3 heterocycles. The molecule has 0 bridgehead atoms. The highest BCUT2D eigenvalue weighted by atomic mass is 79.9. The van der Waals surface area contributed by atoms with Gasteiger partial charge < -0.3 is 38.6 Å². The van der Waals surface area contributed by atoms with Gasteiger partial charge in [-0.05, 0) is 68.2 Å². The van der Waals surface area contributed by atoms with Crippen LogP contribution < -0.4 is 0 Å². The number of aliphatic hydroxyl groups is 2. The molecule has 2 N–H and O–H groups in total. The van der Waals surface area contributed by atoms with Crippen LogP contribution in [0.4, 0.5) is 0 Å². The van der Waals surface area contributed by atoms with Crippen LogP contribution in [0.1, 0.15) is 72.2 Å². The number of aliphatic hydroxyl groups excluding tert-OH is 1. The van der Waals surface area contributed by atoms with E-state index in [1.165, 1.54) is 20.8 Å². The smallest absolute Gasteiger partial charge is 0.341 e. The molecule has 0 aromatic heterocycles. The molecular formula is C40H47BrO13. The number of hydrogen-bond acceptors (Lipinski definition) is 13. The Balaban J connectivity index is 1.29. The summed E-state index contributed by atoms with van der Waals surface area (Å²) < 4.78 is 38.3. The summed E-state index contributed by atoms with van der Waals surface area (Å²) in [5.41, 5.74) is -5.59. The lowest BCUT2D eigenvalue weighted by Gasteiger charge is -2.65. The van der Waals surface area contributed by atoms with E-state index in [0.717, 1.165) is 4.47 Å². The Labute approximate surface area is 321 Å². The van der Waals surface area contributed by atoms with E-state index < -0.39 is 135 Å². The summed E-state index contributed by atoms with van der Waals surface area (Å²) in [6.45, 7) is 13.5. The molecule has 20 atom stereocenters. The van der Waals surface area contributed by atoms with Gasteiger partial charge in [-0.1, -0.05) is 43.6 Å². The Morgan fingerprint density at radius 3 is 2.11 bits per heavy atom. The molecule has 5 saturated carbocycles. The third-order valence-electron chi connectivity index (χ3n) is 16.1. The number of Topliss-reactive ketones (excluding diaryl/α,β-unsaturated/α-hetero) is 1. The monoisotopic (exact) mass is 814 g/mol. The number of benzene rings is 1. The lowest BCUT2D eigenvalue weighted by Crippen LogP contribution is -2.72. The average molecular weight is 816 g/mol. The SMILES string of the molecule is CC(=O)O[C@H]1[C@@H](C)[C@H]2[C@H]([C@@H]3[C@@H](OC(=O)c4ccc(Br)cc4)[C@@H]4[C@H]([C@H](C)[C@H]5O[C@]56OC(=O)[C@@](C)(O)[C@]46C)[C@]31C)[C@@H](O)C(=O)[C@H]1C[C@@H]3O[C@@H]3[C@H](OC(C)=O)[C@]21C. The largest absolute Gasteiger partial charge is 0.462 e. The quantitative estimate of drug-likeness (QED) is 0.256. The van der Waals surface area contributed by atoms with Crippen molar-refractivity contribution in [1.82, 2.24) is 0 Å². The van der Waals surface area contributed by atoms with Crippen molar-refractivity contribution in [3.05, 3.63) is 34.3 Å². The Hall–Kier alpha value is -2.91. The number of rotatable bonds is 4. The molecule has 14 heteroatoms. The lowest BCUT2D eigenvalue weighted by molar-refractivity contribution is -0.252. The van der Waals surface area contributed by atoms with Gasteiger partial charge in [-0.3, -0.25) is 14.4 Å². The van der Waals surface area contributed by atoms with Gasteiger partial charge in [0.25, 0.3) is 0 Å². The summed E-state index contributed by atoms with van der Waals surface area (Å²) in [7, 11) is 0. The molecule has 5 aliphatic carbocycles. The number of fused-ring (bicyclic) bond motifs is 9. The van der Waals surface area contributed by atoms with Gasteiger partial charge in [0.2, 0.25) is 5.79 Å². The van der Waals surface area contributed by atoms with Gasteiger partial charge in [-0.2, -0.15) is 0 Å². The number of epoxide rings is 2. The first-order chi connectivity index (χ1) is 25.2. The molecule has 0 unspecified atom stereocenters. The van der Waals surface area contributed by atoms with Gasteiger partial charge in [-0.15, -0.1) is 0 Å². The highest BCUT2D eigenvalue weighted by Gasteiger charge is 2.93. The highest BCUT2D eigenvalue weighted by molar-refractivity contribution is 9.10. The zero-order chi connectivity index (χ0) is 39.0. The van der Waals surface area contributed by atoms with Gasteiger partial charge in [0, 0.05) is 52.8 Å². The summed E-state index contributed by atoms with van der Waals surface area (Å²) in [5.74, 6) is -10.0. The van der Waals surface area contributed by atoms with Crippen LogP contribution in [-0.2, 0) is 47.6 Å². The van der Waals surface area contributed by atoms with Crippen LogP contribution in [-0.4, -0.2) is 94.0 Å². The second-order valence-electron chi connectivity index (χ2n) is 18.2. The molecule has 0 radical (unpaired) electrons. The Bertz CT molecular complexity index is 1880. The standard InChI is InChI=1S/C40H47BrO13/c1-14-23-22(28(45)27(44)20-13-21-29(51-21)33(36(20,23)5)50-17(4)43)25-30(52-34(46)18-9-11-19(41)12-10-18)26-24(37(25,6)31(14)49-16(3)42)15(2)32-40(53-32)38(26,7)39(8,48)35(47)54-40/h9-12,14-15,20-26,28-33,45,48H,13H2,1-8H3/t14-,15-,20+,21-,22+,23-,24-,25+,26-,28+,29-,30+,31-,32+,33-,36-,37+,38-,39+,40-/m0/s1. The third kappa shape index (κ3) is 4.17. The van der Waals surface area contributed by atoms with E-state index in [1.54, 1.807) is 31.2 Å². The summed E-state index contributed by atoms with van der Waals surface area (Å²) in [6.07, 6.45) is -5.49. The van der Waals surface area contributed by atoms with E-state index in [2.05, 4.69) is 15.9 Å². The number of ether oxygens (including phenoxy) is 6. The number of carbonyl (C=O) groups excluding carboxylic acids is 5. The van der Waals surface area contributed by atoms with Crippen LogP contribution in [0.3, 0.4) is 0 Å². The molecule has 13 nitrogen and oxygen atoms in total. The van der Waals surface area contributed by atoms with Crippen molar-refractivity contribution in [2.75, 3.05) is 0 Å². The molecule has 8 aliphatic rings. The minimum atomic E-state index is -2.11. The van der Waals surface area contributed by atoms with Gasteiger partial charge in [0.15, 0.2) is 11.4 Å². The fourth-order valence-corrected chi connectivity index (χ4v) is 14.3. The van der Waals surface area contributed by atoms with Gasteiger partial charge in [-0.25, -0.2) is 9.59 Å². The van der Waals surface area contributed by atoms with Crippen molar-refractivity contribution in [2.45, 2.75) is 116 Å². The number of hydrogen-bond donors (Lipinski definition) is 2. The van der Waals surface area contributed by atoms with E-state index in [9.17, 15) is 34.2 Å². The Kier molecular flexibility index (Phi) is 7.57. The fraction of sp³-hybridized carbons (Fsp3) is 0.725. The predicted octanol–water partition coefficient (Wildman–Crippen LogP) is 3.38. The van der Waals surface area contributed by atoms with Crippen LogP contribution >= 0.6 is 15.9 Å². The molecule has 1 aromatic carbocycles. The molecule has 0 amide bonds. The van der Waals surface area contributed by atoms with Crippen LogP contribution in [0.15, 0.2) is 28.7 Å². The minimum Gasteiger partial charge on any atom is -0.462 e. The molecule has 3 saturated heterocycles. The zero-order valence-corrected chi connectivity index (χ0v) is 33.0. The lowest BCUT2D eigenvalue weighted by atomic mass is 9.39. The van der Waals surface area contributed by atoms with Crippen LogP contribution in [0, 0.1) is 63.6 Å². The number of carbonyl (C=O) groups is 5. The first kappa shape index (κ1) is 36.7. The van der Waals surface area contributed by atoms with Crippen LogP contribution in [0.25, 0.3) is 0 Å². The number of esters is 4. The maximum Gasteiger partial charge on any atom is 0.341 e.